The maximum absolute atomic E-state index is 12.7. The minimum absolute atomic E-state index is 0.212. The molecule has 1 aromatic carbocycles. The van der Waals surface area contributed by atoms with E-state index >= 15 is 0 Å². The second kappa shape index (κ2) is 12.6. The first-order valence-electron chi connectivity index (χ1n) is 15.5. The maximum Gasteiger partial charge on any atom is 0.318 e. The topological polar surface area (TPSA) is 88.8 Å². The Balaban J connectivity index is 1.29. The van der Waals surface area contributed by atoms with Gasteiger partial charge in [-0.2, -0.15) is 15.2 Å². The number of hydrogen-bond donors (Lipinski definition) is 0. The number of carbonyl (C=O) groups excluding carboxylic acids is 1. The molecule has 2 saturated heterocycles. The number of para-hydroxylation sites is 1. The molecule has 42 heavy (non-hydrogen) atoms. The van der Waals surface area contributed by atoms with Gasteiger partial charge in [-0.3, -0.25) is 4.79 Å². The van der Waals surface area contributed by atoms with E-state index < -0.39 is 0 Å². The molecule has 2 aromatic rings. The largest absolute Gasteiger partial charge is 0.462 e. The van der Waals surface area contributed by atoms with Crippen LogP contribution in [-0.4, -0.2) is 90.2 Å². The second-order valence-corrected chi connectivity index (χ2v) is 12.0. The number of rotatable bonds is 6. The smallest absolute Gasteiger partial charge is 0.318 e. The molecule has 3 aliphatic heterocycles. The predicted molar refractivity (Wildman–Crippen MR) is 162 cm³/mol. The summed E-state index contributed by atoms with van der Waals surface area (Å²) in [5, 5.41) is 9.56. The first-order chi connectivity index (χ1) is 20.6. The molecule has 1 amide bonds. The van der Waals surface area contributed by atoms with Gasteiger partial charge >= 0.3 is 6.01 Å². The number of amides is 1. The third-order valence-electron chi connectivity index (χ3n) is 9.47. The number of nitrogens with zero attached hydrogens (tertiary/aromatic N) is 7. The van der Waals surface area contributed by atoms with Crippen LogP contribution in [-0.2, 0) is 24.1 Å². The van der Waals surface area contributed by atoms with Crippen molar-refractivity contribution in [3.05, 3.63) is 41.1 Å². The molecule has 6 rings (SSSR count). The van der Waals surface area contributed by atoms with Crippen molar-refractivity contribution < 1.29 is 9.53 Å². The summed E-state index contributed by atoms with van der Waals surface area (Å²) >= 11 is 0. The van der Waals surface area contributed by atoms with E-state index in [2.05, 4.69) is 63.9 Å². The first-order valence-corrected chi connectivity index (χ1v) is 15.5. The average Bonchev–Trinajstić information content (AvgIpc) is 3.43. The summed E-state index contributed by atoms with van der Waals surface area (Å²) in [5.74, 6) is 6.07. The highest BCUT2D eigenvalue weighted by Gasteiger charge is 2.35. The van der Waals surface area contributed by atoms with Gasteiger partial charge in [0.2, 0.25) is 0 Å². The molecule has 0 unspecified atom stereocenters. The lowest BCUT2D eigenvalue weighted by Crippen LogP contribution is -2.55. The quantitative estimate of drug-likeness (QED) is 0.492. The molecule has 1 aromatic heterocycles. The number of aryl methyl sites for hydroxylation is 1. The number of hydrogen-bond acceptors (Lipinski definition) is 8. The molecular weight excluding hydrogens is 526 g/mol. The molecule has 4 aliphatic rings. The van der Waals surface area contributed by atoms with Gasteiger partial charge in [0.15, 0.2) is 0 Å². The Morgan fingerprint density at radius 2 is 1.95 bits per heavy atom. The van der Waals surface area contributed by atoms with Crippen LogP contribution in [0.5, 0.6) is 6.01 Å². The summed E-state index contributed by atoms with van der Waals surface area (Å²) in [5.41, 5.74) is 5.06. The highest BCUT2D eigenvalue weighted by Crippen LogP contribution is 2.37. The molecule has 1 aliphatic carbocycles. The van der Waals surface area contributed by atoms with E-state index in [0.717, 1.165) is 56.7 Å². The first kappa shape index (κ1) is 28.3. The van der Waals surface area contributed by atoms with Crippen molar-refractivity contribution in [1.82, 2.24) is 19.8 Å². The zero-order valence-electron chi connectivity index (χ0n) is 24.9. The standard InChI is InChI=1S/C33H41N7O2/c1-3-8-31(41)40-20-19-38(22-26(40)15-16-34)32-28-14-13-25(39-18-6-10-24-9-4-5-12-30(24)39)21-29(28)35-33(36-32)42-23-27-11-7-17-37(27)2/h4-5,9,12,25-27H,6-7,10-11,13-15,17-23H2,1-2H3/t25-,26+,27+/m1/s1. The lowest BCUT2D eigenvalue weighted by molar-refractivity contribution is -0.127. The summed E-state index contributed by atoms with van der Waals surface area (Å²) < 4.78 is 6.32. The highest BCUT2D eigenvalue weighted by molar-refractivity contribution is 5.93. The minimum atomic E-state index is -0.236. The fourth-order valence-corrected chi connectivity index (χ4v) is 7.22. The Morgan fingerprint density at radius 1 is 1.07 bits per heavy atom. The third kappa shape index (κ3) is 5.76. The molecule has 9 heteroatoms. The number of anilines is 2. The number of carbonyl (C=O) groups is 1. The number of likely N-dealkylation sites (tertiary alicyclic amines) is 1. The van der Waals surface area contributed by atoms with Crippen molar-refractivity contribution in [2.75, 3.05) is 56.2 Å². The van der Waals surface area contributed by atoms with Gasteiger partial charge in [0.1, 0.15) is 12.4 Å². The van der Waals surface area contributed by atoms with Crippen LogP contribution >= 0.6 is 0 Å². The molecule has 0 radical (unpaired) electrons. The fraction of sp³-hybridized carbons (Fsp3) is 0.576. The highest BCUT2D eigenvalue weighted by atomic mass is 16.5. The SMILES string of the molecule is CC#CC(=O)N1CCN(c2nc(OC[C@@H]3CCCN3C)nc3c2CC[C@@H](N2CCCc4ccccc42)C3)C[C@@H]1CC#N. The Bertz CT molecular complexity index is 1410. The normalized spacial score (nSPS) is 23.8. The van der Waals surface area contributed by atoms with Gasteiger partial charge in [-0.15, -0.1) is 0 Å². The summed E-state index contributed by atoms with van der Waals surface area (Å²) in [6.45, 7) is 6.09. The third-order valence-corrected chi connectivity index (χ3v) is 9.47. The van der Waals surface area contributed by atoms with E-state index in [1.807, 2.05) is 0 Å². The monoisotopic (exact) mass is 567 g/mol. The van der Waals surface area contributed by atoms with E-state index in [1.54, 1.807) is 11.8 Å². The second-order valence-electron chi connectivity index (χ2n) is 12.0. The van der Waals surface area contributed by atoms with Gasteiger partial charge in [-0.05, 0) is 76.6 Å². The number of nitriles is 1. The van der Waals surface area contributed by atoms with Crippen LogP contribution in [0.1, 0.15) is 55.8 Å². The molecule has 9 nitrogen and oxygen atoms in total. The molecule has 0 saturated carbocycles. The zero-order chi connectivity index (χ0) is 29.1. The van der Waals surface area contributed by atoms with Gasteiger partial charge in [-0.1, -0.05) is 24.1 Å². The van der Waals surface area contributed by atoms with Crippen LogP contribution in [0.3, 0.4) is 0 Å². The lowest BCUT2D eigenvalue weighted by atomic mass is 9.88. The summed E-state index contributed by atoms with van der Waals surface area (Å²) in [7, 11) is 2.15. The van der Waals surface area contributed by atoms with Gasteiger partial charge in [0, 0.05) is 55.9 Å². The molecule has 220 valence electrons. The maximum atomic E-state index is 12.7. The van der Waals surface area contributed by atoms with Gasteiger partial charge in [0.25, 0.3) is 5.91 Å². The Labute approximate surface area is 249 Å². The van der Waals surface area contributed by atoms with Gasteiger partial charge < -0.3 is 24.3 Å². The number of aromatic nitrogens is 2. The van der Waals surface area contributed by atoms with Crippen LogP contribution in [0.15, 0.2) is 24.3 Å². The number of ether oxygens (including phenoxy) is 1. The molecular formula is C33H41N7O2. The number of benzene rings is 1. The number of piperazine rings is 1. The summed E-state index contributed by atoms with van der Waals surface area (Å²) in [6.07, 6.45) is 7.66. The van der Waals surface area contributed by atoms with E-state index in [9.17, 15) is 10.1 Å². The van der Waals surface area contributed by atoms with Crippen LogP contribution in [0.2, 0.25) is 0 Å². The van der Waals surface area contributed by atoms with Gasteiger partial charge in [-0.25, -0.2) is 0 Å². The van der Waals surface area contributed by atoms with Crippen molar-refractivity contribution in [3.8, 4) is 23.9 Å². The van der Waals surface area contributed by atoms with E-state index in [4.69, 9.17) is 14.7 Å². The van der Waals surface area contributed by atoms with Crippen molar-refractivity contribution >= 4 is 17.4 Å². The summed E-state index contributed by atoms with van der Waals surface area (Å²) in [4.78, 5) is 31.7. The Morgan fingerprint density at radius 3 is 2.76 bits per heavy atom. The number of likely N-dealkylation sites (N-methyl/N-ethyl adjacent to an activating group) is 1. The van der Waals surface area contributed by atoms with E-state index in [-0.39, 0.29) is 18.4 Å². The predicted octanol–water partition coefficient (Wildman–Crippen LogP) is 3.21. The lowest BCUT2D eigenvalue weighted by Gasteiger charge is -2.43. The van der Waals surface area contributed by atoms with Crippen molar-refractivity contribution in [2.45, 2.75) is 76.4 Å². The molecule has 0 bridgehead atoms. The van der Waals surface area contributed by atoms with Crippen molar-refractivity contribution in [3.63, 3.8) is 0 Å². The Hall–Kier alpha value is -3.82. The molecule has 0 N–H and O–H groups in total. The zero-order valence-corrected chi connectivity index (χ0v) is 24.9. The van der Waals surface area contributed by atoms with Crippen LogP contribution in [0, 0.1) is 23.2 Å². The van der Waals surface area contributed by atoms with Crippen LogP contribution in [0.25, 0.3) is 0 Å². The van der Waals surface area contributed by atoms with Crippen LogP contribution < -0.4 is 14.5 Å². The van der Waals surface area contributed by atoms with Crippen molar-refractivity contribution in [2.24, 2.45) is 0 Å². The molecule has 4 heterocycles. The molecule has 0 spiro atoms. The van der Waals surface area contributed by atoms with Gasteiger partial charge in [0.05, 0.1) is 24.2 Å². The summed E-state index contributed by atoms with van der Waals surface area (Å²) in [6, 6.07) is 12.1. The minimum Gasteiger partial charge on any atom is -0.462 e. The van der Waals surface area contributed by atoms with E-state index in [0.29, 0.717) is 44.3 Å². The Kier molecular flexibility index (Phi) is 8.48. The average molecular weight is 568 g/mol. The van der Waals surface area contributed by atoms with Crippen molar-refractivity contribution in [1.29, 1.82) is 5.26 Å². The molecule has 3 atom stereocenters. The fourth-order valence-electron chi connectivity index (χ4n) is 7.22. The molecule has 2 fully saturated rings. The van der Waals surface area contributed by atoms with E-state index in [1.165, 1.54) is 29.7 Å². The number of fused-ring (bicyclic) bond motifs is 2. The van der Waals surface area contributed by atoms with Crippen LogP contribution in [0.4, 0.5) is 11.5 Å².